The average molecular weight is 941 g/mol. The lowest BCUT2D eigenvalue weighted by atomic mass is 10.0. The number of imidazole rings is 1. The minimum absolute atomic E-state index is 0.0114. The maximum Gasteiger partial charge on any atom is 0.243 e. The number of hydrogen-bond donors (Lipinski definition) is 12. The maximum atomic E-state index is 14.3. The summed E-state index contributed by atoms with van der Waals surface area (Å²) in [6.07, 6.45) is 6.46. The highest BCUT2D eigenvalue weighted by atomic mass is 16.2. The lowest BCUT2D eigenvalue weighted by Gasteiger charge is -2.27. The molecule has 0 aliphatic heterocycles. The van der Waals surface area contributed by atoms with E-state index >= 15 is 0 Å². The third kappa shape index (κ3) is 16.9. The fourth-order valence-electron chi connectivity index (χ4n) is 7.22. The van der Waals surface area contributed by atoms with Crippen LogP contribution in [0.2, 0.25) is 0 Å². The molecule has 15 N–H and O–H groups in total. The Morgan fingerprint density at radius 2 is 1.16 bits per heavy atom. The van der Waals surface area contributed by atoms with Gasteiger partial charge in [0.15, 0.2) is 5.96 Å². The van der Waals surface area contributed by atoms with Crippen molar-refractivity contribution in [2.24, 2.45) is 22.2 Å². The van der Waals surface area contributed by atoms with E-state index in [2.05, 4.69) is 57.2 Å². The Labute approximate surface area is 394 Å². The number of benzene rings is 2. The first-order valence-corrected chi connectivity index (χ1v) is 22.5. The summed E-state index contributed by atoms with van der Waals surface area (Å²) in [7, 11) is 0. The number of aromatic nitrogens is 3. The number of nitrogens with two attached hydrogens (primary N) is 3. The molecule has 0 saturated carbocycles. The van der Waals surface area contributed by atoms with Gasteiger partial charge in [0.1, 0.15) is 42.3 Å². The van der Waals surface area contributed by atoms with Crippen molar-refractivity contribution in [2.45, 2.75) is 121 Å². The van der Waals surface area contributed by atoms with Gasteiger partial charge >= 0.3 is 0 Å². The number of fused-ring (bicyclic) bond motifs is 1. The molecule has 0 saturated heterocycles. The van der Waals surface area contributed by atoms with Gasteiger partial charge in [-0.2, -0.15) is 0 Å². The molecule has 0 unspecified atom stereocenters. The van der Waals surface area contributed by atoms with Gasteiger partial charge in [-0.1, -0.05) is 68.3 Å². The van der Waals surface area contributed by atoms with Gasteiger partial charge in [0.05, 0.1) is 6.33 Å². The number of aromatic amines is 2. The normalized spacial score (nSPS) is 14.1. The number of rotatable bonds is 27. The van der Waals surface area contributed by atoms with Gasteiger partial charge in [-0.3, -0.25) is 43.3 Å². The summed E-state index contributed by atoms with van der Waals surface area (Å²) in [6, 6.07) is 7.90. The second-order valence-corrected chi connectivity index (χ2v) is 16.5. The van der Waals surface area contributed by atoms with E-state index < -0.39 is 89.6 Å². The van der Waals surface area contributed by atoms with Crippen molar-refractivity contribution in [2.75, 3.05) is 6.54 Å². The van der Waals surface area contributed by atoms with Crippen LogP contribution in [0.1, 0.15) is 76.6 Å². The second-order valence-electron chi connectivity index (χ2n) is 16.5. The number of unbranched alkanes of at least 4 members (excludes halogenated alkanes) is 1. The number of H-pyrrole nitrogens is 2. The van der Waals surface area contributed by atoms with E-state index in [-0.39, 0.29) is 44.6 Å². The number of nitrogens with zero attached hydrogens (tertiary/aromatic N) is 2. The molecule has 4 aromatic rings. The summed E-state index contributed by atoms with van der Waals surface area (Å²) < 4.78 is 0. The van der Waals surface area contributed by atoms with E-state index in [1.165, 1.54) is 33.3 Å². The summed E-state index contributed by atoms with van der Waals surface area (Å²) in [4.78, 5) is 121. The Kier molecular flexibility index (Phi) is 20.5. The summed E-state index contributed by atoms with van der Waals surface area (Å²) >= 11 is 0. The molecule has 0 radical (unpaired) electrons. The Hall–Kier alpha value is -7.78. The molecule has 22 nitrogen and oxygen atoms in total. The van der Waals surface area contributed by atoms with Crippen LogP contribution in [0.15, 0.2) is 78.3 Å². The molecule has 7 atom stereocenters. The van der Waals surface area contributed by atoms with Gasteiger partial charge in [0.2, 0.25) is 47.3 Å². The van der Waals surface area contributed by atoms with Crippen molar-refractivity contribution in [3.8, 4) is 0 Å². The van der Waals surface area contributed by atoms with E-state index in [1.807, 2.05) is 31.2 Å². The van der Waals surface area contributed by atoms with Gasteiger partial charge in [0, 0.05) is 61.7 Å². The molecule has 2 heterocycles. The predicted octanol–water partition coefficient (Wildman–Crippen LogP) is -0.899. The molecule has 0 aliphatic carbocycles. The van der Waals surface area contributed by atoms with Crippen LogP contribution in [0.5, 0.6) is 0 Å². The zero-order valence-electron chi connectivity index (χ0n) is 38.7. The number of aliphatic imine (C=N–C) groups is 1. The zero-order valence-corrected chi connectivity index (χ0v) is 38.7. The quantitative estimate of drug-likeness (QED) is 0.0198. The van der Waals surface area contributed by atoms with Crippen molar-refractivity contribution in [1.29, 1.82) is 0 Å². The molecule has 0 fully saturated rings. The molecular weight excluding hydrogens is 877 g/mol. The highest BCUT2D eigenvalue weighted by Crippen LogP contribution is 2.19. The minimum Gasteiger partial charge on any atom is -0.370 e. The van der Waals surface area contributed by atoms with Gasteiger partial charge < -0.3 is 64.4 Å². The lowest BCUT2D eigenvalue weighted by molar-refractivity contribution is -0.135. The molecule has 2 aromatic heterocycles. The maximum absolute atomic E-state index is 14.3. The smallest absolute Gasteiger partial charge is 0.243 e. The third-order valence-corrected chi connectivity index (χ3v) is 10.9. The van der Waals surface area contributed by atoms with Crippen LogP contribution in [0.3, 0.4) is 0 Å². The van der Waals surface area contributed by atoms with Crippen LogP contribution in [0.4, 0.5) is 0 Å². The molecule has 366 valence electrons. The van der Waals surface area contributed by atoms with Crippen molar-refractivity contribution < 1.29 is 38.4 Å². The van der Waals surface area contributed by atoms with Crippen LogP contribution < -0.4 is 54.4 Å². The molecule has 4 rings (SSSR count). The molecule has 0 spiro atoms. The molecule has 68 heavy (non-hydrogen) atoms. The van der Waals surface area contributed by atoms with Crippen molar-refractivity contribution in [1.82, 2.24) is 52.2 Å². The summed E-state index contributed by atoms with van der Waals surface area (Å²) in [5.41, 5.74) is 19.4. The number of carbonyl (C=O) groups is 8. The molecular formula is C46H64N14O8. The molecule has 0 bridgehead atoms. The highest BCUT2D eigenvalue weighted by molar-refractivity contribution is 5.97. The van der Waals surface area contributed by atoms with Gasteiger partial charge in [-0.15, -0.1) is 0 Å². The van der Waals surface area contributed by atoms with E-state index in [0.717, 1.165) is 22.9 Å². The first-order chi connectivity index (χ1) is 32.4. The third-order valence-electron chi connectivity index (χ3n) is 10.9. The van der Waals surface area contributed by atoms with Gasteiger partial charge in [-0.25, -0.2) is 4.98 Å². The van der Waals surface area contributed by atoms with Crippen molar-refractivity contribution in [3.63, 3.8) is 0 Å². The monoisotopic (exact) mass is 941 g/mol. The fourth-order valence-corrected chi connectivity index (χ4v) is 7.22. The summed E-state index contributed by atoms with van der Waals surface area (Å²) in [5.74, 6) is -5.73. The number of guanidine groups is 1. The average Bonchev–Trinajstić information content (AvgIpc) is 3.98. The van der Waals surface area contributed by atoms with Crippen molar-refractivity contribution >= 4 is 64.1 Å². The van der Waals surface area contributed by atoms with Crippen LogP contribution in [0.25, 0.3) is 10.9 Å². The standard InChI is InChI=1S/C46H64N14O8/c1-5-6-16-34(56-28(4)61)42(65)54-27(3)41(64)59-38(22-31-24-50-25-53-31)45(68)60-37(20-29-13-8-7-9-14-29)44(67)57-35(18-12-19-51-46(48)49)43(66)55-26(2)40(63)58-36(39(47)62)21-30-23-52-33-17-11-10-15-32(30)33/h7-11,13-15,17,23-27,34-38,52H,5-6,12,16,18-22H2,1-4H3,(H2,47,62)(H,50,53)(H,54,65)(H,55,66)(H,56,61)(H,57,67)(H,58,63)(H,59,64)(H,60,68)(H4,48,49,51)/t26-,27-,34-,35-,36-,37-,38-/m0/s1. The minimum atomic E-state index is -1.32. The number of amides is 8. The molecule has 2 aromatic carbocycles. The number of nitrogens with one attached hydrogen (secondary N) is 9. The van der Waals surface area contributed by atoms with Crippen LogP contribution in [-0.2, 0) is 57.6 Å². The van der Waals surface area contributed by atoms with Gasteiger partial charge in [0.25, 0.3) is 0 Å². The molecule has 0 aliphatic rings. The first-order valence-electron chi connectivity index (χ1n) is 22.5. The second kappa shape index (κ2) is 26.4. The van der Waals surface area contributed by atoms with E-state index in [9.17, 15) is 38.4 Å². The van der Waals surface area contributed by atoms with E-state index in [1.54, 1.807) is 36.5 Å². The number of carbonyl (C=O) groups excluding carboxylic acids is 8. The van der Waals surface area contributed by atoms with Gasteiger partial charge in [-0.05, 0) is 50.3 Å². The van der Waals surface area contributed by atoms with E-state index in [0.29, 0.717) is 24.1 Å². The summed E-state index contributed by atoms with van der Waals surface area (Å²) in [5, 5.41) is 19.4. The summed E-state index contributed by atoms with van der Waals surface area (Å²) in [6.45, 7) is 6.15. The molecule has 8 amide bonds. The molecule has 22 heteroatoms. The highest BCUT2D eigenvalue weighted by Gasteiger charge is 2.33. The largest absolute Gasteiger partial charge is 0.370 e. The Bertz CT molecular complexity index is 2370. The zero-order chi connectivity index (χ0) is 49.8. The number of primary amides is 1. The number of para-hydroxylation sites is 1. The lowest BCUT2D eigenvalue weighted by Crippen LogP contribution is -2.60. The Morgan fingerprint density at radius 3 is 1.75 bits per heavy atom. The first kappa shape index (κ1) is 52.8. The topological polar surface area (TPSA) is 356 Å². The van der Waals surface area contributed by atoms with Crippen molar-refractivity contribution in [3.05, 3.63) is 90.1 Å². The Balaban J connectivity index is 1.53. The van der Waals surface area contributed by atoms with Crippen LogP contribution in [-0.4, -0.2) is 117 Å². The SMILES string of the molecule is CCCC[C@H](NC(C)=O)C(=O)N[C@@H](C)C(=O)N[C@@H](Cc1cnc[nH]1)C(=O)N[C@@H](Cc1ccccc1)C(=O)N[C@@H](CCCN=C(N)N)C(=O)N[C@@H](C)C(=O)N[C@@H](Cc1c[nH]c2ccccc12)C(N)=O. The van der Waals surface area contributed by atoms with Crippen LogP contribution >= 0.6 is 0 Å². The number of hydrogen-bond acceptors (Lipinski definition) is 10. The Morgan fingerprint density at radius 1 is 0.618 bits per heavy atom. The van der Waals surface area contributed by atoms with Crippen LogP contribution in [0, 0.1) is 0 Å². The predicted molar refractivity (Wildman–Crippen MR) is 254 cm³/mol. The van der Waals surface area contributed by atoms with E-state index in [4.69, 9.17) is 17.2 Å². The fraction of sp³-hybridized carbons (Fsp3) is 0.435.